The molecular weight excluding hydrogens is 351 g/mol. The van der Waals surface area contributed by atoms with Crippen molar-refractivity contribution in [1.82, 2.24) is 0 Å². The van der Waals surface area contributed by atoms with Crippen molar-refractivity contribution in [2.45, 2.75) is 0 Å². The SMILES string of the molecule is O=C(/C=C(\O)c1ccc(Cl)cc1)C(=O)/C=C(\O)c1ccc(Cl)cc1. The summed E-state index contributed by atoms with van der Waals surface area (Å²) in [6.45, 7) is 0. The first kappa shape index (κ1) is 17.8. The molecule has 6 heteroatoms. The molecule has 2 aromatic rings. The molecule has 0 atom stereocenters. The van der Waals surface area contributed by atoms with Crippen LogP contribution in [0.1, 0.15) is 11.1 Å². The summed E-state index contributed by atoms with van der Waals surface area (Å²) >= 11 is 11.5. The molecule has 0 aliphatic carbocycles. The minimum atomic E-state index is -0.969. The van der Waals surface area contributed by atoms with E-state index >= 15 is 0 Å². The van der Waals surface area contributed by atoms with Crippen LogP contribution < -0.4 is 0 Å². The predicted molar refractivity (Wildman–Crippen MR) is 94.1 cm³/mol. The van der Waals surface area contributed by atoms with Crippen LogP contribution in [-0.2, 0) is 9.59 Å². The highest BCUT2D eigenvalue weighted by Crippen LogP contribution is 2.17. The number of benzene rings is 2. The van der Waals surface area contributed by atoms with Gasteiger partial charge in [0.1, 0.15) is 11.5 Å². The average molecular weight is 363 g/mol. The number of hydrogen-bond acceptors (Lipinski definition) is 4. The lowest BCUT2D eigenvalue weighted by Gasteiger charge is -2.01. The Morgan fingerprint density at radius 1 is 0.667 bits per heavy atom. The largest absolute Gasteiger partial charge is 0.507 e. The van der Waals surface area contributed by atoms with Gasteiger partial charge in [-0.15, -0.1) is 0 Å². The standard InChI is InChI=1S/C18H12Cl2O4/c19-13-5-1-11(2-6-13)15(21)9-17(23)18(24)10-16(22)12-3-7-14(20)8-4-12/h1-10,21-22H/b15-9-,16-10-. The molecule has 0 unspecified atom stereocenters. The van der Waals surface area contributed by atoms with Crippen molar-refractivity contribution in [1.29, 1.82) is 0 Å². The molecule has 2 aromatic carbocycles. The predicted octanol–water partition coefficient (Wildman–Crippen LogP) is 4.63. The number of aliphatic hydroxyl groups excluding tert-OH is 2. The van der Waals surface area contributed by atoms with Crippen LogP contribution in [-0.4, -0.2) is 21.8 Å². The molecule has 0 saturated carbocycles. The van der Waals surface area contributed by atoms with Gasteiger partial charge in [-0.1, -0.05) is 23.2 Å². The second-order valence-electron chi connectivity index (χ2n) is 4.80. The highest BCUT2D eigenvalue weighted by molar-refractivity contribution is 6.47. The van der Waals surface area contributed by atoms with Crippen molar-refractivity contribution in [2.75, 3.05) is 0 Å². The summed E-state index contributed by atoms with van der Waals surface area (Å²) in [7, 11) is 0. The molecule has 0 fully saturated rings. The molecule has 24 heavy (non-hydrogen) atoms. The minimum Gasteiger partial charge on any atom is -0.507 e. The van der Waals surface area contributed by atoms with Crippen LogP contribution in [0.4, 0.5) is 0 Å². The maximum atomic E-state index is 11.8. The van der Waals surface area contributed by atoms with Gasteiger partial charge in [-0.05, 0) is 48.5 Å². The summed E-state index contributed by atoms with van der Waals surface area (Å²) in [5.74, 6) is -2.68. The van der Waals surface area contributed by atoms with E-state index in [0.29, 0.717) is 21.2 Å². The van der Waals surface area contributed by atoms with Crippen molar-refractivity contribution in [3.05, 3.63) is 81.9 Å². The normalized spacial score (nSPS) is 12.1. The molecule has 0 aromatic heterocycles. The van der Waals surface area contributed by atoms with Gasteiger partial charge in [0.15, 0.2) is 0 Å². The first-order valence-electron chi connectivity index (χ1n) is 6.78. The lowest BCUT2D eigenvalue weighted by atomic mass is 10.1. The third-order valence-electron chi connectivity index (χ3n) is 3.06. The van der Waals surface area contributed by atoms with Crippen molar-refractivity contribution in [3.63, 3.8) is 0 Å². The molecule has 0 saturated heterocycles. The summed E-state index contributed by atoms with van der Waals surface area (Å²) < 4.78 is 0. The van der Waals surface area contributed by atoms with Crippen LogP contribution in [0, 0.1) is 0 Å². The molecule has 0 bridgehead atoms. The third kappa shape index (κ3) is 4.72. The number of aliphatic hydroxyl groups is 2. The van der Waals surface area contributed by atoms with Crippen molar-refractivity contribution >= 4 is 46.3 Å². The summed E-state index contributed by atoms with van der Waals surface area (Å²) in [4.78, 5) is 23.7. The van der Waals surface area contributed by atoms with Crippen LogP contribution in [0.5, 0.6) is 0 Å². The number of carbonyl (C=O) groups is 2. The number of ketones is 2. The van der Waals surface area contributed by atoms with Gasteiger partial charge >= 0.3 is 0 Å². The van der Waals surface area contributed by atoms with Gasteiger partial charge in [-0.25, -0.2) is 0 Å². The molecule has 0 aliphatic heterocycles. The van der Waals surface area contributed by atoms with Gasteiger partial charge < -0.3 is 10.2 Å². The first-order chi connectivity index (χ1) is 11.4. The topological polar surface area (TPSA) is 74.6 Å². The van der Waals surface area contributed by atoms with Gasteiger partial charge in [0.2, 0.25) is 11.6 Å². The van der Waals surface area contributed by atoms with E-state index in [0.717, 1.165) is 12.2 Å². The van der Waals surface area contributed by atoms with Gasteiger partial charge in [-0.2, -0.15) is 0 Å². The second-order valence-corrected chi connectivity index (χ2v) is 5.67. The molecule has 4 nitrogen and oxygen atoms in total. The minimum absolute atomic E-state index is 0.339. The molecular formula is C18H12Cl2O4. The first-order valence-corrected chi connectivity index (χ1v) is 7.54. The van der Waals surface area contributed by atoms with Gasteiger partial charge in [0, 0.05) is 33.3 Å². The average Bonchev–Trinajstić information content (AvgIpc) is 2.55. The fourth-order valence-electron chi connectivity index (χ4n) is 1.80. The Balaban J connectivity index is 2.15. The summed E-state index contributed by atoms with van der Waals surface area (Å²) in [5.41, 5.74) is 0.679. The maximum Gasteiger partial charge on any atom is 0.229 e. The highest BCUT2D eigenvalue weighted by Gasteiger charge is 2.12. The monoisotopic (exact) mass is 362 g/mol. The Morgan fingerprint density at radius 3 is 1.25 bits per heavy atom. The highest BCUT2D eigenvalue weighted by atomic mass is 35.5. The molecule has 122 valence electrons. The van der Waals surface area contributed by atoms with Crippen molar-refractivity contribution in [3.8, 4) is 0 Å². The van der Waals surface area contributed by atoms with E-state index in [9.17, 15) is 19.8 Å². The number of halogens is 2. The zero-order valence-corrected chi connectivity index (χ0v) is 13.8. The molecule has 0 radical (unpaired) electrons. The van der Waals surface area contributed by atoms with E-state index in [2.05, 4.69) is 0 Å². The van der Waals surface area contributed by atoms with Gasteiger partial charge in [-0.3, -0.25) is 9.59 Å². The Labute approximate surface area is 148 Å². The Bertz CT molecular complexity index is 748. The van der Waals surface area contributed by atoms with Crippen LogP contribution >= 0.6 is 23.2 Å². The van der Waals surface area contributed by atoms with E-state index in [1.165, 1.54) is 24.3 Å². The third-order valence-corrected chi connectivity index (χ3v) is 3.56. The zero-order valence-electron chi connectivity index (χ0n) is 12.2. The van der Waals surface area contributed by atoms with Crippen LogP contribution in [0.2, 0.25) is 10.0 Å². The van der Waals surface area contributed by atoms with Crippen LogP contribution in [0.3, 0.4) is 0 Å². The number of hydrogen-bond donors (Lipinski definition) is 2. The van der Waals surface area contributed by atoms with Crippen molar-refractivity contribution in [2.24, 2.45) is 0 Å². The van der Waals surface area contributed by atoms with Crippen LogP contribution in [0.25, 0.3) is 11.5 Å². The van der Waals surface area contributed by atoms with Gasteiger partial charge in [0.05, 0.1) is 0 Å². The Kier molecular flexibility index (Phi) is 5.79. The zero-order chi connectivity index (χ0) is 17.7. The number of allylic oxidation sites excluding steroid dienone is 2. The van der Waals surface area contributed by atoms with E-state index in [1.54, 1.807) is 24.3 Å². The smallest absolute Gasteiger partial charge is 0.229 e. The number of carbonyl (C=O) groups excluding carboxylic acids is 2. The molecule has 2 rings (SSSR count). The van der Waals surface area contributed by atoms with Crippen LogP contribution in [0.15, 0.2) is 60.7 Å². The lowest BCUT2D eigenvalue weighted by molar-refractivity contribution is -0.130. The molecule has 2 N–H and O–H groups in total. The molecule has 0 spiro atoms. The fraction of sp³-hybridized carbons (Fsp3) is 0. The van der Waals surface area contributed by atoms with E-state index in [-0.39, 0.29) is 11.5 Å². The molecule has 0 heterocycles. The number of rotatable bonds is 5. The van der Waals surface area contributed by atoms with Gasteiger partial charge in [0.25, 0.3) is 0 Å². The Morgan fingerprint density at radius 2 is 0.958 bits per heavy atom. The Hall–Kier alpha value is -2.56. The second kappa shape index (κ2) is 7.81. The lowest BCUT2D eigenvalue weighted by Crippen LogP contribution is -2.09. The van der Waals surface area contributed by atoms with Crippen molar-refractivity contribution < 1.29 is 19.8 Å². The maximum absolute atomic E-state index is 11.8. The quantitative estimate of drug-likeness (QED) is 0.461. The van der Waals surface area contributed by atoms with E-state index in [1.807, 2.05) is 0 Å². The summed E-state index contributed by atoms with van der Waals surface area (Å²) in [5, 5.41) is 20.7. The molecule has 0 aliphatic rings. The summed E-state index contributed by atoms with van der Waals surface area (Å²) in [6.07, 6.45) is 1.58. The van der Waals surface area contributed by atoms with E-state index in [4.69, 9.17) is 23.2 Å². The fourth-order valence-corrected chi connectivity index (χ4v) is 2.05. The molecule has 0 amide bonds. The van der Waals surface area contributed by atoms with E-state index < -0.39 is 11.6 Å². The summed E-state index contributed by atoms with van der Waals surface area (Å²) in [6, 6.07) is 12.2.